The first kappa shape index (κ1) is 11.7. The van der Waals surface area contributed by atoms with Crippen molar-refractivity contribution in [3.63, 3.8) is 0 Å². The van der Waals surface area contributed by atoms with E-state index in [9.17, 15) is 0 Å². The van der Waals surface area contributed by atoms with Crippen LogP contribution in [0.1, 0.15) is 17.2 Å². The summed E-state index contributed by atoms with van der Waals surface area (Å²) >= 11 is 3.52. The lowest BCUT2D eigenvalue weighted by Crippen LogP contribution is -2.11. The molecule has 0 bridgehead atoms. The summed E-state index contributed by atoms with van der Waals surface area (Å²) in [7, 11) is 0. The summed E-state index contributed by atoms with van der Waals surface area (Å²) in [6.07, 6.45) is 0. The van der Waals surface area contributed by atoms with Crippen LogP contribution in [0.5, 0.6) is 0 Å². The molecule has 0 fully saturated rings. The van der Waals surface area contributed by atoms with Gasteiger partial charge in [0.25, 0.3) is 0 Å². The van der Waals surface area contributed by atoms with Crippen LogP contribution in [0, 0.1) is 6.92 Å². The molecular weight excluding hydrogens is 234 g/mol. The fraction of sp³-hybridized carbons (Fsp3) is 0.231. The molecule has 1 aromatic heterocycles. The molecule has 0 spiro atoms. The molecule has 1 aromatic carbocycles. The van der Waals surface area contributed by atoms with Crippen LogP contribution in [0.2, 0.25) is 0 Å². The molecule has 0 amide bonds. The van der Waals surface area contributed by atoms with Crippen LogP contribution in [-0.2, 0) is 0 Å². The minimum absolute atomic E-state index is 0.137. The summed E-state index contributed by atoms with van der Waals surface area (Å²) in [5, 5.41) is 4.20. The number of hydrogen-bond donors (Lipinski definition) is 1. The number of thiophene rings is 1. The highest BCUT2D eigenvalue weighted by Crippen LogP contribution is 2.24. The minimum atomic E-state index is 0.137. The summed E-state index contributed by atoms with van der Waals surface area (Å²) < 4.78 is 0. The van der Waals surface area contributed by atoms with Crippen molar-refractivity contribution < 1.29 is 0 Å². The number of rotatable bonds is 4. The molecular formula is C13H15NS2. The Morgan fingerprint density at radius 1 is 1.25 bits per heavy atom. The van der Waals surface area contributed by atoms with Crippen LogP contribution in [0.25, 0.3) is 0 Å². The maximum atomic E-state index is 6.10. The fourth-order valence-electron chi connectivity index (χ4n) is 1.40. The van der Waals surface area contributed by atoms with Gasteiger partial charge in [0.05, 0.1) is 0 Å². The highest BCUT2D eigenvalue weighted by Gasteiger charge is 2.06. The first-order valence-electron chi connectivity index (χ1n) is 5.23. The Bertz CT molecular complexity index is 420. The van der Waals surface area contributed by atoms with Crippen molar-refractivity contribution in [3.05, 3.63) is 52.2 Å². The van der Waals surface area contributed by atoms with Gasteiger partial charge in [-0.15, -0.1) is 11.8 Å². The molecule has 2 aromatic rings. The van der Waals surface area contributed by atoms with Crippen LogP contribution in [0.15, 0.2) is 46.0 Å². The van der Waals surface area contributed by atoms with Crippen LogP contribution >= 0.6 is 23.1 Å². The molecule has 1 nitrogen and oxygen atoms in total. The molecule has 16 heavy (non-hydrogen) atoms. The standard InChI is InChI=1S/C13H15NS2/c1-10-2-4-12(5-3-10)16-9-13(14)11-6-7-15-8-11/h2-8,13H,9,14H2,1H3. The largest absolute Gasteiger partial charge is 0.323 e. The molecule has 0 saturated heterocycles. The van der Waals surface area contributed by atoms with Crippen molar-refractivity contribution in [1.29, 1.82) is 0 Å². The first-order valence-corrected chi connectivity index (χ1v) is 7.15. The smallest absolute Gasteiger partial charge is 0.0398 e. The SMILES string of the molecule is Cc1ccc(SCC(N)c2ccsc2)cc1. The predicted octanol–water partition coefficient (Wildman–Crippen LogP) is 3.85. The van der Waals surface area contributed by atoms with E-state index in [4.69, 9.17) is 5.73 Å². The molecule has 1 heterocycles. The normalized spacial score (nSPS) is 12.6. The highest BCUT2D eigenvalue weighted by molar-refractivity contribution is 7.99. The Hall–Kier alpha value is -0.770. The first-order chi connectivity index (χ1) is 7.75. The molecule has 0 aliphatic rings. The Labute approximate surface area is 105 Å². The van der Waals surface area contributed by atoms with E-state index in [1.54, 1.807) is 11.3 Å². The minimum Gasteiger partial charge on any atom is -0.323 e. The summed E-state index contributed by atoms with van der Waals surface area (Å²) in [4.78, 5) is 1.29. The van der Waals surface area contributed by atoms with Crippen LogP contribution < -0.4 is 5.73 Å². The molecule has 3 heteroatoms. The number of hydrogen-bond acceptors (Lipinski definition) is 3. The van der Waals surface area contributed by atoms with Crippen molar-refractivity contribution in [2.75, 3.05) is 5.75 Å². The maximum absolute atomic E-state index is 6.10. The van der Waals surface area contributed by atoms with Gasteiger partial charge in [0, 0.05) is 16.7 Å². The van der Waals surface area contributed by atoms with E-state index in [1.165, 1.54) is 16.0 Å². The van der Waals surface area contributed by atoms with Crippen molar-refractivity contribution in [1.82, 2.24) is 0 Å². The average molecular weight is 249 g/mol. The zero-order valence-corrected chi connectivity index (χ0v) is 10.9. The number of aryl methyl sites for hydroxylation is 1. The molecule has 0 radical (unpaired) electrons. The van der Waals surface area contributed by atoms with E-state index in [-0.39, 0.29) is 6.04 Å². The Morgan fingerprint density at radius 2 is 2.00 bits per heavy atom. The third-order valence-electron chi connectivity index (χ3n) is 2.42. The van der Waals surface area contributed by atoms with Gasteiger partial charge in [-0.25, -0.2) is 0 Å². The summed E-state index contributed by atoms with van der Waals surface area (Å²) in [5.74, 6) is 0.930. The molecule has 2 N–H and O–H groups in total. The van der Waals surface area contributed by atoms with Crippen LogP contribution in [-0.4, -0.2) is 5.75 Å². The average Bonchev–Trinajstić information content (AvgIpc) is 2.81. The number of thioether (sulfide) groups is 1. The topological polar surface area (TPSA) is 26.0 Å². The van der Waals surface area contributed by atoms with Crippen molar-refractivity contribution >= 4 is 23.1 Å². The second-order valence-electron chi connectivity index (χ2n) is 3.79. The lowest BCUT2D eigenvalue weighted by molar-refractivity contribution is 0.836. The quantitative estimate of drug-likeness (QED) is 0.833. The Balaban J connectivity index is 1.90. The molecule has 2 rings (SSSR count). The van der Waals surface area contributed by atoms with Crippen molar-refractivity contribution in [2.45, 2.75) is 17.9 Å². The second-order valence-corrected chi connectivity index (χ2v) is 5.66. The van der Waals surface area contributed by atoms with Gasteiger partial charge >= 0.3 is 0 Å². The maximum Gasteiger partial charge on any atom is 0.0398 e. The van der Waals surface area contributed by atoms with Gasteiger partial charge < -0.3 is 5.73 Å². The molecule has 1 atom stereocenters. The highest BCUT2D eigenvalue weighted by atomic mass is 32.2. The molecule has 0 saturated carbocycles. The van der Waals surface area contributed by atoms with E-state index in [0.717, 1.165) is 5.75 Å². The third kappa shape index (κ3) is 3.11. The molecule has 1 unspecified atom stereocenters. The number of nitrogens with two attached hydrogens (primary N) is 1. The lowest BCUT2D eigenvalue weighted by Gasteiger charge is -2.09. The monoisotopic (exact) mass is 249 g/mol. The molecule has 0 aliphatic heterocycles. The van der Waals surface area contributed by atoms with Crippen LogP contribution in [0.4, 0.5) is 0 Å². The van der Waals surface area contributed by atoms with E-state index >= 15 is 0 Å². The summed E-state index contributed by atoms with van der Waals surface area (Å²) in [6.45, 7) is 2.10. The van der Waals surface area contributed by atoms with Gasteiger partial charge in [-0.3, -0.25) is 0 Å². The zero-order chi connectivity index (χ0) is 11.4. The van der Waals surface area contributed by atoms with Gasteiger partial charge in [0.1, 0.15) is 0 Å². The van der Waals surface area contributed by atoms with E-state index < -0.39 is 0 Å². The van der Waals surface area contributed by atoms with E-state index in [0.29, 0.717) is 0 Å². The van der Waals surface area contributed by atoms with Gasteiger partial charge in [-0.1, -0.05) is 17.7 Å². The predicted molar refractivity (Wildman–Crippen MR) is 73.2 cm³/mol. The second kappa shape index (κ2) is 5.53. The van der Waals surface area contributed by atoms with E-state index in [1.807, 2.05) is 11.8 Å². The number of benzene rings is 1. The van der Waals surface area contributed by atoms with Crippen molar-refractivity contribution in [3.8, 4) is 0 Å². The summed E-state index contributed by atoms with van der Waals surface area (Å²) in [5.41, 5.74) is 8.64. The van der Waals surface area contributed by atoms with Crippen LogP contribution in [0.3, 0.4) is 0 Å². The van der Waals surface area contributed by atoms with Crippen molar-refractivity contribution in [2.24, 2.45) is 5.73 Å². The van der Waals surface area contributed by atoms with Gasteiger partial charge in [0.2, 0.25) is 0 Å². The fourth-order valence-corrected chi connectivity index (χ4v) is 3.02. The van der Waals surface area contributed by atoms with Gasteiger partial charge in [-0.2, -0.15) is 11.3 Å². The Morgan fingerprint density at radius 3 is 2.62 bits per heavy atom. The summed E-state index contributed by atoms with van der Waals surface area (Å²) in [6, 6.07) is 10.8. The van der Waals surface area contributed by atoms with Gasteiger partial charge in [-0.05, 0) is 41.4 Å². The molecule has 84 valence electrons. The lowest BCUT2D eigenvalue weighted by atomic mass is 10.2. The third-order valence-corrected chi connectivity index (χ3v) is 4.25. The zero-order valence-electron chi connectivity index (χ0n) is 9.22. The van der Waals surface area contributed by atoms with E-state index in [2.05, 4.69) is 48.0 Å². The molecule has 0 aliphatic carbocycles. The van der Waals surface area contributed by atoms with Gasteiger partial charge in [0.15, 0.2) is 0 Å². The Kier molecular flexibility index (Phi) is 4.04.